The van der Waals surface area contributed by atoms with Crippen LogP contribution in [0.15, 0.2) is 120 Å². The second-order valence-corrected chi connectivity index (χ2v) is 11.6. The predicted molar refractivity (Wildman–Crippen MR) is 163 cm³/mol. The number of rotatable bonds is 9. The van der Waals surface area contributed by atoms with Crippen molar-refractivity contribution in [2.45, 2.75) is 4.90 Å². The van der Waals surface area contributed by atoms with Crippen LogP contribution in [-0.2, 0) is 10.0 Å². The highest BCUT2D eigenvalue weighted by atomic mass is 32.2. The van der Waals surface area contributed by atoms with Gasteiger partial charge in [-0.1, -0.05) is 72.8 Å². The third kappa shape index (κ3) is 6.91. The van der Waals surface area contributed by atoms with E-state index in [1.165, 1.54) is 34.9 Å². The molecule has 1 amide bonds. The van der Waals surface area contributed by atoms with E-state index < -0.39 is 20.9 Å². The number of nitrogens with one attached hydrogen (secondary N) is 1. The quantitative estimate of drug-likeness (QED) is 0.219. The van der Waals surface area contributed by atoms with Gasteiger partial charge in [-0.25, -0.2) is 13.1 Å². The molecule has 4 aromatic carbocycles. The zero-order valence-electron chi connectivity index (χ0n) is 22.8. The number of sulfonamides is 1. The van der Waals surface area contributed by atoms with Gasteiger partial charge < -0.3 is 4.90 Å². The molecule has 10 heteroatoms. The first-order valence-electron chi connectivity index (χ1n) is 13.5. The van der Waals surface area contributed by atoms with Crippen LogP contribution in [0.2, 0.25) is 0 Å². The Balaban J connectivity index is 1.19. The predicted octanol–water partition coefficient (Wildman–Crippen LogP) is 4.97. The summed E-state index contributed by atoms with van der Waals surface area (Å²) >= 11 is 0. The van der Waals surface area contributed by atoms with Crippen molar-refractivity contribution in [2.75, 3.05) is 37.6 Å². The highest BCUT2D eigenvalue weighted by molar-refractivity contribution is 7.90. The number of benzene rings is 4. The van der Waals surface area contributed by atoms with Crippen LogP contribution in [0, 0.1) is 10.1 Å². The molecular weight excluding hydrogens is 552 g/mol. The van der Waals surface area contributed by atoms with Crippen molar-refractivity contribution in [3.05, 3.63) is 142 Å². The largest absolute Gasteiger partial charge is 0.369 e. The molecule has 214 valence electrons. The number of nitro groups is 1. The molecule has 0 radical (unpaired) electrons. The zero-order chi connectivity index (χ0) is 29.5. The number of hydrogen-bond acceptors (Lipinski definition) is 7. The van der Waals surface area contributed by atoms with Crippen molar-refractivity contribution in [3.63, 3.8) is 0 Å². The Morgan fingerprint density at radius 1 is 0.786 bits per heavy atom. The number of non-ortho nitro benzene ring substituents is 1. The van der Waals surface area contributed by atoms with Gasteiger partial charge >= 0.3 is 0 Å². The topological polar surface area (TPSA) is 113 Å². The van der Waals surface area contributed by atoms with E-state index in [-0.39, 0.29) is 16.1 Å². The van der Waals surface area contributed by atoms with Gasteiger partial charge in [0, 0.05) is 56.1 Å². The molecule has 9 nitrogen and oxygen atoms in total. The summed E-state index contributed by atoms with van der Waals surface area (Å²) in [5.74, 6) is -0.808. The van der Waals surface area contributed by atoms with Crippen molar-refractivity contribution < 1.29 is 18.1 Å². The summed E-state index contributed by atoms with van der Waals surface area (Å²) in [5.41, 5.74) is 4.32. The monoisotopic (exact) mass is 582 g/mol. The summed E-state index contributed by atoms with van der Waals surface area (Å²) in [6.45, 7) is 4.19. The van der Waals surface area contributed by atoms with Gasteiger partial charge in [-0.3, -0.25) is 19.8 Å². The number of carbonyl (C=O) groups is 1. The first-order chi connectivity index (χ1) is 20.3. The number of nitro benzene ring substituents is 1. The molecule has 0 aromatic heterocycles. The first-order valence-corrected chi connectivity index (χ1v) is 15.0. The summed E-state index contributed by atoms with van der Waals surface area (Å²) in [5, 5.41) is 11.0. The van der Waals surface area contributed by atoms with Crippen molar-refractivity contribution >= 4 is 32.9 Å². The van der Waals surface area contributed by atoms with Gasteiger partial charge in [0.25, 0.3) is 21.6 Å². The summed E-state index contributed by atoms with van der Waals surface area (Å²) in [6.07, 6.45) is 2.29. The van der Waals surface area contributed by atoms with E-state index in [4.69, 9.17) is 0 Å². The molecule has 0 saturated carbocycles. The number of hydrogen-bond donors (Lipinski definition) is 1. The molecule has 5 rings (SSSR count). The van der Waals surface area contributed by atoms with Crippen molar-refractivity contribution in [1.29, 1.82) is 0 Å². The third-order valence-electron chi connectivity index (χ3n) is 7.16. The lowest BCUT2D eigenvalue weighted by Gasteiger charge is -2.35. The van der Waals surface area contributed by atoms with Crippen LogP contribution in [0.4, 0.5) is 11.4 Å². The number of anilines is 1. The molecular formula is C32H30N4O5S. The van der Waals surface area contributed by atoms with Crippen LogP contribution < -0.4 is 9.62 Å². The minimum atomic E-state index is -4.27. The minimum Gasteiger partial charge on any atom is -0.369 e. The molecule has 0 aliphatic carbocycles. The summed E-state index contributed by atoms with van der Waals surface area (Å²) < 4.78 is 27.2. The second-order valence-electron chi connectivity index (χ2n) is 9.87. The first kappa shape index (κ1) is 28.7. The molecule has 0 bridgehead atoms. The van der Waals surface area contributed by atoms with Gasteiger partial charge in [0.2, 0.25) is 0 Å². The molecule has 0 unspecified atom stereocenters. The van der Waals surface area contributed by atoms with E-state index in [9.17, 15) is 23.3 Å². The van der Waals surface area contributed by atoms with E-state index in [2.05, 4.69) is 64.4 Å². The van der Waals surface area contributed by atoms with Gasteiger partial charge in [0.1, 0.15) is 0 Å². The molecule has 42 heavy (non-hydrogen) atoms. The Hall–Kier alpha value is -4.80. The maximum atomic E-state index is 12.7. The molecule has 0 spiro atoms. The van der Waals surface area contributed by atoms with E-state index in [0.29, 0.717) is 0 Å². The lowest BCUT2D eigenvalue weighted by atomic mass is 9.97. The highest BCUT2D eigenvalue weighted by Crippen LogP contribution is 2.24. The van der Waals surface area contributed by atoms with Gasteiger partial charge in [-0.05, 0) is 47.0 Å². The van der Waals surface area contributed by atoms with Gasteiger partial charge in [0.05, 0.1) is 9.82 Å². The average molecular weight is 583 g/mol. The van der Waals surface area contributed by atoms with Gasteiger partial charge in [-0.2, -0.15) is 0 Å². The Morgan fingerprint density at radius 2 is 1.38 bits per heavy atom. The minimum absolute atomic E-state index is 0.172. The van der Waals surface area contributed by atoms with E-state index in [1.54, 1.807) is 24.3 Å². The van der Waals surface area contributed by atoms with E-state index in [0.717, 1.165) is 44.5 Å². The van der Waals surface area contributed by atoms with E-state index >= 15 is 0 Å². The lowest BCUT2D eigenvalue weighted by molar-refractivity contribution is -0.385. The number of nitrogens with zero attached hydrogens (tertiary/aromatic N) is 3. The smallest absolute Gasteiger partial charge is 0.270 e. The number of piperazine rings is 1. The van der Waals surface area contributed by atoms with Crippen molar-refractivity contribution in [3.8, 4) is 0 Å². The molecule has 1 aliphatic rings. The van der Waals surface area contributed by atoms with Gasteiger partial charge in [0.15, 0.2) is 0 Å². The maximum Gasteiger partial charge on any atom is 0.270 e. The summed E-state index contributed by atoms with van der Waals surface area (Å²) in [4.78, 5) is 27.2. The molecule has 1 fully saturated rings. The van der Waals surface area contributed by atoms with Crippen molar-refractivity contribution in [1.82, 2.24) is 9.62 Å². The van der Waals surface area contributed by atoms with Crippen LogP contribution in [0.3, 0.4) is 0 Å². The normalized spacial score (nSPS) is 13.8. The number of amides is 1. The van der Waals surface area contributed by atoms with Crippen LogP contribution in [0.25, 0.3) is 5.57 Å². The average Bonchev–Trinajstić information content (AvgIpc) is 3.02. The Kier molecular flexibility index (Phi) is 8.75. The molecule has 4 aromatic rings. The number of carbonyl (C=O) groups excluding carboxylic acids is 1. The van der Waals surface area contributed by atoms with Crippen LogP contribution in [0.1, 0.15) is 21.5 Å². The van der Waals surface area contributed by atoms with Crippen LogP contribution in [0.5, 0.6) is 0 Å². The van der Waals surface area contributed by atoms with Crippen molar-refractivity contribution in [2.24, 2.45) is 0 Å². The highest BCUT2D eigenvalue weighted by Gasteiger charge is 2.22. The molecule has 1 aliphatic heterocycles. The SMILES string of the molecule is O=C(NS(=O)(=O)c1cccc([N+](=O)[O-])c1)c1ccc(N2CCN(CC=C(c3ccccc3)c3ccccc3)CC2)cc1. The zero-order valence-corrected chi connectivity index (χ0v) is 23.6. The third-order valence-corrected chi connectivity index (χ3v) is 8.48. The molecule has 1 N–H and O–H groups in total. The fourth-order valence-electron chi connectivity index (χ4n) is 4.87. The fraction of sp³-hybridized carbons (Fsp3) is 0.156. The lowest BCUT2D eigenvalue weighted by Crippen LogP contribution is -2.46. The van der Waals surface area contributed by atoms with Crippen LogP contribution in [-0.4, -0.2) is 56.9 Å². The van der Waals surface area contributed by atoms with Gasteiger partial charge in [-0.15, -0.1) is 0 Å². The molecule has 1 saturated heterocycles. The summed E-state index contributed by atoms with van der Waals surface area (Å²) in [7, 11) is -4.27. The van der Waals surface area contributed by atoms with Crippen LogP contribution >= 0.6 is 0 Å². The standard InChI is InChI=1S/C32H30N4O5S/c37-32(33-42(40,41)30-13-7-12-29(24-30)36(38)39)27-14-16-28(17-15-27)35-22-20-34(21-23-35)19-18-31(25-8-3-1-4-9-25)26-10-5-2-6-11-26/h1-18,24H,19-23H2,(H,33,37). The van der Waals surface area contributed by atoms with E-state index in [1.807, 2.05) is 16.9 Å². The fourth-order valence-corrected chi connectivity index (χ4v) is 5.89. The molecule has 1 heterocycles. The molecule has 0 atom stereocenters. The Bertz CT molecular complexity index is 1640. The Morgan fingerprint density at radius 3 is 1.95 bits per heavy atom. The maximum absolute atomic E-state index is 12.7. The summed E-state index contributed by atoms with van der Waals surface area (Å²) in [6, 6.07) is 32.1. The Labute approximate surface area is 244 Å². The second kappa shape index (κ2) is 12.8.